The lowest BCUT2D eigenvalue weighted by molar-refractivity contribution is 0.0602. The molecule has 0 saturated heterocycles. The van der Waals surface area contributed by atoms with Gasteiger partial charge in [-0.05, 0) is 37.7 Å². The van der Waals surface area contributed by atoms with Crippen LogP contribution < -0.4 is 11.1 Å². The number of nitrogens with one attached hydrogen (secondary N) is 1. The van der Waals surface area contributed by atoms with Crippen molar-refractivity contribution in [3.63, 3.8) is 0 Å². The van der Waals surface area contributed by atoms with Crippen LogP contribution in [0.3, 0.4) is 0 Å². The zero-order valence-corrected chi connectivity index (χ0v) is 12.1. The maximum Gasteiger partial charge on any atom is 0.340 e. The van der Waals surface area contributed by atoms with Crippen LogP contribution in [0.25, 0.3) is 0 Å². The fraction of sp³-hybridized carbons (Fsp3) is 0.500. The highest BCUT2D eigenvalue weighted by molar-refractivity contribution is 7.99. The molecule has 1 fully saturated rings. The van der Waals surface area contributed by atoms with Crippen molar-refractivity contribution in [2.24, 2.45) is 0 Å². The molecule has 0 spiro atoms. The summed E-state index contributed by atoms with van der Waals surface area (Å²) in [6, 6.07) is 5.69. The number of para-hydroxylation sites is 1. The standard InChI is InChI=1S/C14H20N2O2S/c1-18-14(17)11-4-3-5-12(15)13(11)16-9-6-7-10(8-9)19-2/h3-5,9-10,16H,6-8,15H2,1-2H3. The van der Waals surface area contributed by atoms with E-state index in [0.717, 1.165) is 12.8 Å². The lowest BCUT2D eigenvalue weighted by atomic mass is 10.1. The normalized spacial score (nSPS) is 22.2. The first-order valence-electron chi connectivity index (χ1n) is 6.41. The van der Waals surface area contributed by atoms with Crippen LogP contribution in [0, 0.1) is 0 Å². The van der Waals surface area contributed by atoms with Crippen molar-refractivity contribution in [3.05, 3.63) is 23.8 Å². The summed E-state index contributed by atoms with van der Waals surface area (Å²) in [6.45, 7) is 0. The molecule has 1 aromatic carbocycles. The summed E-state index contributed by atoms with van der Waals surface area (Å²) in [5.41, 5.74) is 7.80. The van der Waals surface area contributed by atoms with Gasteiger partial charge >= 0.3 is 5.97 Å². The molecule has 0 bridgehead atoms. The Morgan fingerprint density at radius 1 is 1.47 bits per heavy atom. The molecule has 0 radical (unpaired) electrons. The van der Waals surface area contributed by atoms with Crippen molar-refractivity contribution in [1.82, 2.24) is 0 Å². The zero-order valence-electron chi connectivity index (χ0n) is 11.3. The van der Waals surface area contributed by atoms with Crippen LogP contribution in [-0.2, 0) is 4.74 Å². The summed E-state index contributed by atoms with van der Waals surface area (Å²) >= 11 is 1.90. The van der Waals surface area contributed by atoms with Crippen LogP contribution in [0.15, 0.2) is 18.2 Å². The van der Waals surface area contributed by atoms with Gasteiger partial charge < -0.3 is 15.8 Å². The largest absolute Gasteiger partial charge is 0.465 e. The average Bonchev–Trinajstić information content (AvgIpc) is 2.88. The van der Waals surface area contributed by atoms with Crippen LogP contribution in [0.1, 0.15) is 29.6 Å². The second kappa shape index (κ2) is 6.19. The van der Waals surface area contributed by atoms with Crippen LogP contribution >= 0.6 is 11.8 Å². The highest BCUT2D eigenvalue weighted by atomic mass is 32.2. The van der Waals surface area contributed by atoms with Gasteiger partial charge in [-0.15, -0.1) is 0 Å². The van der Waals surface area contributed by atoms with E-state index in [0.29, 0.717) is 28.2 Å². The predicted octanol–water partition coefficient (Wildman–Crippen LogP) is 2.75. The van der Waals surface area contributed by atoms with Gasteiger partial charge in [-0.1, -0.05) is 6.07 Å². The van der Waals surface area contributed by atoms with Crippen LogP contribution in [0.4, 0.5) is 11.4 Å². The Morgan fingerprint density at radius 2 is 2.26 bits per heavy atom. The second-order valence-electron chi connectivity index (χ2n) is 4.77. The molecule has 1 aliphatic carbocycles. The van der Waals surface area contributed by atoms with E-state index >= 15 is 0 Å². The number of esters is 1. The first-order chi connectivity index (χ1) is 9.15. The van der Waals surface area contributed by atoms with Crippen LogP contribution in [0.2, 0.25) is 0 Å². The van der Waals surface area contributed by atoms with E-state index in [-0.39, 0.29) is 5.97 Å². The molecule has 19 heavy (non-hydrogen) atoms. The van der Waals surface area contributed by atoms with Crippen molar-refractivity contribution < 1.29 is 9.53 Å². The number of hydrogen-bond donors (Lipinski definition) is 2. The summed E-state index contributed by atoms with van der Waals surface area (Å²) in [4.78, 5) is 11.8. The molecule has 3 N–H and O–H groups in total. The lowest BCUT2D eigenvalue weighted by Crippen LogP contribution is -2.19. The zero-order chi connectivity index (χ0) is 13.8. The quantitative estimate of drug-likeness (QED) is 0.656. The first kappa shape index (κ1) is 14.1. The fourth-order valence-corrected chi connectivity index (χ4v) is 3.30. The van der Waals surface area contributed by atoms with Gasteiger partial charge in [-0.3, -0.25) is 0 Å². The Bertz CT molecular complexity index is 465. The van der Waals surface area contributed by atoms with E-state index in [1.165, 1.54) is 13.5 Å². The van der Waals surface area contributed by atoms with Gasteiger partial charge in [0.15, 0.2) is 0 Å². The van der Waals surface area contributed by atoms with Gasteiger partial charge in [-0.25, -0.2) is 4.79 Å². The minimum absolute atomic E-state index is 0.353. The van der Waals surface area contributed by atoms with E-state index in [1.54, 1.807) is 18.2 Å². The molecule has 2 atom stereocenters. The third-order valence-electron chi connectivity index (χ3n) is 3.57. The van der Waals surface area contributed by atoms with Crippen molar-refractivity contribution in [2.45, 2.75) is 30.6 Å². The number of nitrogens with two attached hydrogens (primary N) is 1. The molecule has 0 aliphatic heterocycles. The third kappa shape index (κ3) is 3.15. The van der Waals surface area contributed by atoms with Gasteiger partial charge in [0, 0.05) is 11.3 Å². The highest BCUT2D eigenvalue weighted by Gasteiger charge is 2.25. The Kier molecular flexibility index (Phi) is 4.58. The number of ether oxygens (including phenoxy) is 1. The fourth-order valence-electron chi connectivity index (χ4n) is 2.50. The van der Waals surface area contributed by atoms with Gasteiger partial charge in [0.2, 0.25) is 0 Å². The Balaban J connectivity index is 2.17. The Labute approximate surface area is 118 Å². The average molecular weight is 280 g/mol. The van der Waals surface area contributed by atoms with Crippen molar-refractivity contribution in [3.8, 4) is 0 Å². The van der Waals surface area contributed by atoms with Gasteiger partial charge in [-0.2, -0.15) is 11.8 Å². The summed E-state index contributed by atoms with van der Waals surface area (Å²) in [5, 5.41) is 4.12. The monoisotopic (exact) mass is 280 g/mol. The number of nitrogen functional groups attached to an aromatic ring is 1. The SMILES string of the molecule is COC(=O)c1cccc(N)c1NC1CCC(SC)C1. The van der Waals surface area contributed by atoms with Crippen molar-refractivity contribution in [1.29, 1.82) is 0 Å². The maximum atomic E-state index is 11.8. The summed E-state index contributed by atoms with van der Waals surface area (Å²) in [6.07, 6.45) is 5.57. The molecule has 2 rings (SSSR count). The number of carbonyl (C=O) groups is 1. The predicted molar refractivity (Wildman–Crippen MR) is 80.8 cm³/mol. The number of hydrogen-bond acceptors (Lipinski definition) is 5. The number of benzene rings is 1. The van der Waals surface area contributed by atoms with Crippen LogP contribution in [0.5, 0.6) is 0 Å². The van der Waals surface area contributed by atoms with Gasteiger partial charge in [0.1, 0.15) is 0 Å². The molecule has 0 heterocycles. The number of anilines is 2. The maximum absolute atomic E-state index is 11.8. The lowest BCUT2D eigenvalue weighted by Gasteiger charge is -2.18. The number of thioether (sulfide) groups is 1. The molecule has 0 aromatic heterocycles. The smallest absolute Gasteiger partial charge is 0.340 e. The van der Waals surface area contributed by atoms with E-state index in [2.05, 4.69) is 11.6 Å². The van der Waals surface area contributed by atoms with Gasteiger partial charge in [0.05, 0.1) is 24.0 Å². The molecule has 1 saturated carbocycles. The number of rotatable bonds is 4. The third-order valence-corrected chi connectivity index (χ3v) is 4.66. The van der Waals surface area contributed by atoms with E-state index in [9.17, 15) is 4.79 Å². The summed E-state index contributed by atoms with van der Waals surface area (Å²) < 4.78 is 4.80. The number of carbonyl (C=O) groups excluding carboxylic acids is 1. The molecular weight excluding hydrogens is 260 g/mol. The Hall–Kier alpha value is -1.36. The molecule has 0 amide bonds. The number of methoxy groups -OCH3 is 1. The highest BCUT2D eigenvalue weighted by Crippen LogP contribution is 2.33. The van der Waals surface area contributed by atoms with Gasteiger partial charge in [0.25, 0.3) is 0 Å². The van der Waals surface area contributed by atoms with E-state index in [1.807, 2.05) is 11.8 Å². The molecule has 4 nitrogen and oxygen atoms in total. The van der Waals surface area contributed by atoms with E-state index in [4.69, 9.17) is 10.5 Å². The molecule has 1 aliphatic rings. The summed E-state index contributed by atoms with van der Waals surface area (Å²) in [7, 11) is 1.38. The van der Waals surface area contributed by atoms with Crippen molar-refractivity contribution in [2.75, 3.05) is 24.4 Å². The second-order valence-corrected chi connectivity index (χ2v) is 5.91. The molecular formula is C14H20N2O2S. The Morgan fingerprint density at radius 3 is 2.89 bits per heavy atom. The van der Waals surface area contributed by atoms with Crippen molar-refractivity contribution >= 4 is 29.1 Å². The molecule has 104 valence electrons. The topological polar surface area (TPSA) is 64.3 Å². The summed E-state index contributed by atoms with van der Waals surface area (Å²) in [5.74, 6) is -0.353. The van der Waals surface area contributed by atoms with E-state index < -0.39 is 0 Å². The van der Waals surface area contributed by atoms with Crippen LogP contribution in [-0.4, -0.2) is 30.6 Å². The molecule has 5 heteroatoms. The molecule has 1 aromatic rings. The first-order valence-corrected chi connectivity index (χ1v) is 7.70. The minimum Gasteiger partial charge on any atom is -0.465 e. The molecule has 2 unspecified atom stereocenters. The minimum atomic E-state index is -0.353.